The third kappa shape index (κ3) is 8.22. The molecule has 10 rings (SSSR count). The van der Waals surface area contributed by atoms with Gasteiger partial charge in [-0.2, -0.15) is 0 Å². The number of phenolic OH excluding ortho intramolecular Hbond substituents is 5. The average Bonchev–Trinajstić information content (AvgIpc) is 3.41. The van der Waals surface area contributed by atoms with Gasteiger partial charge in [-0.05, 0) is 93.3 Å². The zero-order valence-electron chi connectivity index (χ0n) is 41.5. The molecule has 1 aliphatic carbocycles. The van der Waals surface area contributed by atoms with Gasteiger partial charge in [-0.25, -0.2) is 0 Å². The molecule has 2 unspecified atom stereocenters. The van der Waals surface area contributed by atoms with Gasteiger partial charge in [-0.1, -0.05) is 147 Å². The largest absolute Gasteiger partial charge is 0.508 e. The van der Waals surface area contributed by atoms with E-state index in [2.05, 4.69) is 134 Å². The van der Waals surface area contributed by atoms with Crippen LogP contribution in [0.3, 0.4) is 0 Å². The van der Waals surface area contributed by atoms with E-state index in [9.17, 15) is 51.1 Å². The van der Waals surface area contributed by atoms with Crippen LogP contribution in [0.5, 0.6) is 28.7 Å². The molecule has 0 heterocycles. The minimum absolute atomic E-state index is 0.246. The molecule has 0 saturated carbocycles. The van der Waals surface area contributed by atoms with Crippen molar-refractivity contribution in [2.24, 2.45) is 0 Å². The summed E-state index contributed by atoms with van der Waals surface area (Å²) in [6.07, 6.45) is -1.70. The van der Waals surface area contributed by atoms with Crippen molar-refractivity contribution in [3.05, 3.63) is 186 Å². The van der Waals surface area contributed by atoms with E-state index in [1.54, 1.807) is 24.3 Å². The lowest BCUT2D eigenvalue weighted by Crippen LogP contribution is -2.37. The van der Waals surface area contributed by atoms with Crippen LogP contribution in [-0.4, -0.2) is 73.3 Å². The molecule has 9 aromatic rings. The topological polar surface area (TPSA) is 209 Å². The van der Waals surface area contributed by atoms with Crippen molar-refractivity contribution in [3.63, 3.8) is 0 Å². The summed E-state index contributed by atoms with van der Waals surface area (Å²) in [5, 5.41) is 114. The summed E-state index contributed by atoms with van der Waals surface area (Å²) in [4.78, 5) is 4.33. The monoisotopic (exact) mass is 1020 g/mol. The minimum Gasteiger partial charge on any atom is -0.508 e. The lowest BCUT2D eigenvalue weighted by molar-refractivity contribution is 0.0907. The number of hydrogen-bond acceptors (Lipinski definition) is 12. The minimum atomic E-state index is -1.71. The standard InChI is InChI=1S/C60H56N2O10Si2/c1-73(2,3)39-27-23-37(24-28-39)61(35-19-15-33(16-20-35)49-51(63)55(67)59(71)56(68)52(49)64)47-31-45-42-12-8-10-14-44(42)48(32-46(45)41-11-7-9-13-43(41)47)62(38-25-29-40(30-26-38)74(4,5)6)36-21-17-34(18-22-36)50-53(65)57(69)60(72)58(70)54(50)66/h7-32,49,51,63-72H,1-6H3. The van der Waals surface area contributed by atoms with Crippen molar-refractivity contribution >= 4 is 93.0 Å². The zero-order valence-corrected chi connectivity index (χ0v) is 43.5. The first-order chi connectivity index (χ1) is 35.1. The summed E-state index contributed by atoms with van der Waals surface area (Å²) in [6.45, 7) is 13.8. The van der Waals surface area contributed by atoms with Crippen LogP contribution in [0.1, 0.15) is 11.5 Å². The second kappa shape index (κ2) is 18.2. The highest BCUT2D eigenvalue weighted by atomic mass is 28.3. The summed E-state index contributed by atoms with van der Waals surface area (Å²) in [6, 6.07) is 52.2. The van der Waals surface area contributed by atoms with Gasteiger partial charge in [0.25, 0.3) is 0 Å². The first kappa shape index (κ1) is 49.0. The number of benzene rings is 9. The Labute approximate surface area is 429 Å². The van der Waals surface area contributed by atoms with Crippen LogP contribution in [0, 0.1) is 0 Å². The number of hydrogen-bond donors (Lipinski definition) is 10. The van der Waals surface area contributed by atoms with E-state index in [0.717, 1.165) is 66.4 Å². The van der Waals surface area contributed by atoms with Crippen LogP contribution in [0.25, 0.3) is 43.4 Å². The number of rotatable bonds is 10. The van der Waals surface area contributed by atoms with Crippen LogP contribution in [0.15, 0.2) is 181 Å². The summed E-state index contributed by atoms with van der Waals surface area (Å²) in [5.41, 5.74) is 5.38. The van der Waals surface area contributed by atoms with Crippen LogP contribution < -0.4 is 20.2 Å². The van der Waals surface area contributed by atoms with Gasteiger partial charge in [-0.3, -0.25) is 0 Å². The molecule has 2 atom stereocenters. The first-order valence-electron chi connectivity index (χ1n) is 24.2. The SMILES string of the molecule is C[Si](C)(C)c1ccc(N(c2ccc(-c3c(O)c(O)c(O)c(O)c3O)cc2)c2cc3c4ccccc4c(N(c4ccc(C5C(O)=C(O)C(O)=C(O)C5O)cc4)c4ccc([Si](C)(C)C)cc4)cc3c3ccccc23)cc1. The maximum absolute atomic E-state index is 11.0. The Morgan fingerprint density at radius 2 is 0.703 bits per heavy atom. The van der Waals surface area contributed by atoms with Gasteiger partial charge < -0.3 is 60.9 Å². The maximum atomic E-state index is 11.0. The summed E-state index contributed by atoms with van der Waals surface area (Å²) in [5.74, 6) is -9.14. The molecule has 0 amide bonds. The molecule has 0 radical (unpaired) electrons. The van der Waals surface area contributed by atoms with Gasteiger partial charge in [-0.15, -0.1) is 0 Å². The first-order valence-corrected chi connectivity index (χ1v) is 31.2. The fraction of sp³-hybridized carbons (Fsp3) is 0.133. The Morgan fingerprint density at radius 1 is 0.365 bits per heavy atom. The number of aliphatic hydroxyl groups is 5. The molecular formula is C60H56N2O10Si2. The molecule has 0 aliphatic heterocycles. The highest BCUT2D eigenvalue weighted by Crippen LogP contribution is 2.55. The Bertz CT molecular complexity index is 3720. The molecule has 74 heavy (non-hydrogen) atoms. The van der Waals surface area contributed by atoms with E-state index >= 15 is 0 Å². The molecule has 0 fully saturated rings. The van der Waals surface area contributed by atoms with Gasteiger partial charge in [0.2, 0.25) is 23.0 Å². The summed E-state index contributed by atoms with van der Waals surface area (Å²) in [7, 11) is -3.41. The van der Waals surface area contributed by atoms with Gasteiger partial charge in [0.1, 0.15) is 11.9 Å². The molecule has 0 aromatic heterocycles. The molecule has 10 N–H and O–H groups in total. The van der Waals surface area contributed by atoms with Crippen molar-refractivity contribution in [2.75, 3.05) is 9.80 Å². The predicted octanol–water partition coefficient (Wildman–Crippen LogP) is 13.5. The number of aromatic hydroxyl groups is 5. The van der Waals surface area contributed by atoms with Crippen molar-refractivity contribution < 1.29 is 51.1 Å². The molecular weight excluding hydrogens is 965 g/mol. The van der Waals surface area contributed by atoms with Crippen LogP contribution in [0.2, 0.25) is 39.3 Å². The zero-order chi connectivity index (χ0) is 52.7. The number of aliphatic hydroxyl groups excluding tert-OH is 5. The Balaban J connectivity index is 1.19. The molecule has 0 bridgehead atoms. The summed E-state index contributed by atoms with van der Waals surface area (Å²) >= 11 is 0. The number of fused-ring (bicyclic) bond motifs is 5. The van der Waals surface area contributed by atoms with Crippen molar-refractivity contribution in [3.8, 4) is 39.9 Å². The highest BCUT2D eigenvalue weighted by Gasteiger charge is 2.39. The molecule has 1 aliphatic rings. The second-order valence-corrected chi connectivity index (χ2v) is 31.0. The van der Waals surface area contributed by atoms with Crippen LogP contribution >= 0.6 is 0 Å². The normalized spacial score (nSPS) is 15.3. The van der Waals surface area contributed by atoms with E-state index in [-0.39, 0.29) is 11.1 Å². The Hall–Kier alpha value is -8.57. The summed E-state index contributed by atoms with van der Waals surface area (Å²) < 4.78 is 0. The van der Waals surface area contributed by atoms with Gasteiger partial charge in [0, 0.05) is 33.5 Å². The lowest BCUT2D eigenvalue weighted by Gasteiger charge is -2.31. The molecule has 0 spiro atoms. The third-order valence-electron chi connectivity index (χ3n) is 14.2. The molecule has 12 nitrogen and oxygen atoms in total. The van der Waals surface area contributed by atoms with E-state index in [1.165, 1.54) is 10.4 Å². The fourth-order valence-corrected chi connectivity index (χ4v) is 12.4. The quantitative estimate of drug-likeness (QED) is 0.0269. The van der Waals surface area contributed by atoms with Crippen molar-refractivity contribution in [1.82, 2.24) is 0 Å². The van der Waals surface area contributed by atoms with Gasteiger partial charge in [0.05, 0.1) is 39.0 Å². The molecule has 14 heteroatoms. The fourth-order valence-electron chi connectivity index (χ4n) is 10.1. The number of anilines is 6. The lowest BCUT2D eigenvalue weighted by atomic mass is 9.86. The van der Waals surface area contributed by atoms with E-state index < -0.39 is 80.0 Å². The Morgan fingerprint density at radius 3 is 1.09 bits per heavy atom. The van der Waals surface area contributed by atoms with Gasteiger partial charge >= 0.3 is 0 Å². The predicted molar refractivity (Wildman–Crippen MR) is 301 cm³/mol. The molecule has 9 aromatic carbocycles. The second-order valence-electron chi connectivity index (χ2n) is 20.9. The van der Waals surface area contributed by atoms with Gasteiger partial charge in [0.15, 0.2) is 23.0 Å². The molecule has 0 saturated heterocycles. The van der Waals surface area contributed by atoms with Crippen molar-refractivity contribution in [2.45, 2.75) is 51.3 Å². The smallest absolute Gasteiger partial charge is 0.208 e. The van der Waals surface area contributed by atoms with E-state index in [1.807, 2.05) is 48.5 Å². The average molecular weight is 1020 g/mol. The number of phenols is 5. The maximum Gasteiger partial charge on any atom is 0.208 e. The molecule has 374 valence electrons. The van der Waals surface area contributed by atoms with Crippen LogP contribution in [0.4, 0.5) is 34.1 Å². The highest BCUT2D eigenvalue weighted by molar-refractivity contribution is 6.89. The van der Waals surface area contributed by atoms with Crippen molar-refractivity contribution in [1.29, 1.82) is 0 Å². The van der Waals surface area contributed by atoms with E-state index in [4.69, 9.17) is 0 Å². The van der Waals surface area contributed by atoms with Crippen LogP contribution in [-0.2, 0) is 0 Å². The third-order valence-corrected chi connectivity index (χ3v) is 18.3. The van der Waals surface area contributed by atoms with E-state index in [0.29, 0.717) is 5.56 Å². The Kier molecular flexibility index (Phi) is 12.0. The number of nitrogens with zero attached hydrogens (tertiary/aromatic N) is 2.